The molecule has 1 unspecified atom stereocenters. The highest BCUT2D eigenvalue weighted by molar-refractivity contribution is 5.10. The lowest BCUT2D eigenvalue weighted by atomic mass is 10.00. The van der Waals surface area contributed by atoms with Crippen LogP contribution in [0.3, 0.4) is 0 Å². The Morgan fingerprint density at radius 2 is 2.19 bits per heavy atom. The van der Waals surface area contributed by atoms with Gasteiger partial charge in [0.1, 0.15) is 0 Å². The number of aromatic nitrogens is 1. The molecule has 0 amide bonds. The van der Waals surface area contributed by atoms with Crippen molar-refractivity contribution in [3.63, 3.8) is 0 Å². The fourth-order valence-electron chi connectivity index (χ4n) is 1.63. The molecule has 0 aromatic carbocycles. The first-order chi connectivity index (χ1) is 7.76. The number of rotatable bonds is 7. The number of hydrogen-bond donors (Lipinski definition) is 2. The molecule has 1 aromatic heterocycles. The molecule has 0 aliphatic rings. The zero-order valence-electron chi connectivity index (χ0n) is 9.95. The maximum absolute atomic E-state index is 5.54. The number of nitrogens with one attached hydrogen (secondary N) is 1. The summed E-state index contributed by atoms with van der Waals surface area (Å²) in [6, 6.07) is 4.41. The Bertz CT molecular complexity index is 308. The van der Waals surface area contributed by atoms with Gasteiger partial charge in [-0.1, -0.05) is 19.1 Å². The van der Waals surface area contributed by atoms with Crippen LogP contribution in [0.4, 0.5) is 0 Å². The quantitative estimate of drug-likeness (QED) is 0.420. The summed E-state index contributed by atoms with van der Waals surface area (Å²) in [5.41, 5.74) is 5.41. The average molecular weight is 219 g/mol. The number of pyridine rings is 1. The Balaban J connectivity index is 2.37. The second-order valence-corrected chi connectivity index (χ2v) is 4.07. The van der Waals surface area contributed by atoms with E-state index >= 15 is 0 Å². The van der Waals surface area contributed by atoms with Gasteiger partial charge in [0.15, 0.2) is 0 Å². The smallest absolute Gasteiger partial charge is 0.0270 e. The van der Waals surface area contributed by atoms with Gasteiger partial charge in [0, 0.05) is 18.4 Å². The van der Waals surface area contributed by atoms with Crippen molar-refractivity contribution in [3.05, 3.63) is 42.2 Å². The minimum atomic E-state index is 0.320. The molecule has 3 N–H and O–H groups in total. The van der Waals surface area contributed by atoms with E-state index in [0.29, 0.717) is 6.04 Å². The standard InChI is InChI=1S/C13H21N3/c1-3-11(2)10-13(16-14)5-4-12-6-8-15-9-7-12/h6-9,13,16H,2-5,10,14H2,1H3. The second-order valence-electron chi connectivity index (χ2n) is 4.07. The summed E-state index contributed by atoms with van der Waals surface area (Å²) in [6.45, 7) is 6.13. The van der Waals surface area contributed by atoms with E-state index in [1.54, 1.807) is 0 Å². The minimum Gasteiger partial charge on any atom is -0.271 e. The first-order valence-corrected chi connectivity index (χ1v) is 5.78. The molecule has 0 aliphatic heterocycles. The van der Waals surface area contributed by atoms with Crippen LogP contribution in [-0.4, -0.2) is 11.0 Å². The fourth-order valence-corrected chi connectivity index (χ4v) is 1.63. The van der Waals surface area contributed by atoms with Crippen molar-refractivity contribution >= 4 is 0 Å². The van der Waals surface area contributed by atoms with Gasteiger partial charge < -0.3 is 0 Å². The van der Waals surface area contributed by atoms with Crippen molar-refractivity contribution in [2.24, 2.45) is 5.84 Å². The third-order valence-corrected chi connectivity index (χ3v) is 2.80. The zero-order chi connectivity index (χ0) is 11.8. The fraction of sp³-hybridized carbons (Fsp3) is 0.462. The van der Waals surface area contributed by atoms with Crippen LogP contribution in [0.1, 0.15) is 31.7 Å². The predicted octanol–water partition coefficient (Wildman–Crippen LogP) is 2.20. The molecule has 0 saturated heterocycles. The molecule has 3 nitrogen and oxygen atoms in total. The molecule has 1 heterocycles. The Labute approximate surface area is 97.7 Å². The van der Waals surface area contributed by atoms with Crippen LogP contribution in [0.2, 0.25) is 0 Å². The van der Waals surface area contributed by atoms with Crippen LogP contribution >= 0.6 is 0 Å². The number of hydrogen-bond acceptors (Lipinski definition) is 3. The molecule has 16 heavy (non-hydrogen) atoms. The first-order valence-electron chi connectivity index (χ1n) is 5.78. The van der Waals surface area contributed by atoms with Gasteiger partial charge in [0.25, 0.3) is 0 Å². The second kappa shape index (κ2) is 7.14. The highest BCUT2D eigenvalue weighted by Gasteiger charge is 2.07. The summed E-state index contributed by atoms with van der Waals surface area (Å²) in [5, 5.41) is 0. The molecule has 1 aromatic rings. The number of aryl methyl sites for hydroxylation is 1. The van der Waals surface area contributed by atoms with Crippen molar-refractivity contribution in [2.45, 2.75) is 38.6 Å². The van der Waals surface area contributed by atoms with Crippen LogP contribution in [-0.2, 0) is 6.42 Å². The van der Waals surface area contributed by atoms with E-state index in [0.717, 1.165) is 25.7 Å². The summed E-state index contributed by atoms with van der Waals surface area (Å²) in [4.78, 5) is 4.00. The van der Waals surface area contributed by atoms with E-state index in [2.05, 4.69) is 23.9 Å². The Morgan fingerprint density at radius 3 is 2.75 bits per heavy atom. The monoisotopic (exact) mass is 219 g/mol. The van der Waals surface area contributed by atoms with E-state index in [1.165, 1.54) is 11.1 Å². The number of nitrogens with two attached hydrogens (primary N) is 1. The van der Waals surface area contributed by atoms with Crippen LogP contribution in [0.25, 0.3) is 0 Å². The molecule has 3 heteroatoms. The largest absolute Gasteiger partial charge is 0.271 e. The average Bonchev–Trinajstić information content (AvgIpc) is 2.35. The maximum Gasteiger partial charge on any atom is 0.0270 e. The molecular formula is C13H21N3. The van der Waals surface area contributed by atoms with E-state index in [9.17, 15) is 0 Å². The van der Waals surface area contributed by atoms with Crippen LogP contribution in [0, 0.1) is 0 Å². The lowest BCUT2D eigenvalue weighted by molar-refractivity contribution is 0.486. The molecule has 0 bridgehead atoms. The molecule has 0 aliphatic carbocycles. The molecular weight excluding hydrogens is 198 g/mol. The predicted molar refractivity (Wildman–Crippen MR) is 67.7 cm³/mol. The molecule has 0 radical (unpaired) electrons. The molecule has 0 fully saturated rings. The van der Waals surface area contributed by atoms with Crippen LogP contribution in [0.5, 0.6) is 0 Å². The highest BCUT2D eigenvalue weighted by atomic mass is 15.2. The highest BCUT2D eigenvalue weighted by Crippen LogP contribution is 2.11. The van der Waals surface area contributed by atoms with Crippen molar-refractivity contribution < 1.29 is 0 Å². The molecule has 0 spiro atoms. The summed E-state index contributed by atoms with van der Waals surface area (Å²) < 4.78 is 0. The van der Waals surface area contributed by atoms with Gasteiger partial charge in [-0.15, -0.1) is 0 Å². The molecule has 0 saturated carbocycles. The Kier molecular flexibility index (Phi) is 5.75. The zero-order valence-corrected chi connectivity index (χ0v) is 9.95. The van der Waals surface area contributed by atoms with E-state index < -0.39 is 0 Å². The topological polar surface area (TPSA) is 50.9 Å². The van der Waals surface area contributed by atoms with Gasteiger partial charge in [-0.3, -0.25) is 16.3 Å². The number of nitrogens with zero attached hydrogens (tertiary/aromatic N) is 1. The lowest BCUT2D eigenvalue weighted by Crippen LogP contribution is -2.35. The van der Waals surface area contributed by atoms with E-state index in [-0.39, 0.29) is 0 Å². The maximum atomic E-state index is 5.54. The van der Waals surface area contributed by atoms with Crippen LogP contribution < -0.4 is 11.3 Å². The van der Waals surface area contributed by atoms with E-state index in [4.69, 9.17) is 5.84 Å². The Hall–Kier alpha value is -1.19. The van der Waals surface area contributed by atoms with Crippen LogP contribution in [0.15, 0.2) is 36.7 Å². The van der Waals surface area contributed by atoms with Gasteiger partial charge in [-0.05, 0) is 43.4 Å². The normalized spacial score (nSPS) is 12.4. The van der Waals surface area contributed by atoms with Crippen molar-refractivity contribution in [2.75, 3.05) is 0 Å². The van der Waals surface area contributed by atoms with E-state index in [1.807, 2.05) is 24.5 Å². The van der Waals surface area contributed by atoms with Gasteiger partial charge in [0.2, 0.25) is 0 Å². The van der Waals surface area contributed by atoms with Gasteiger partial charge in [-0.25, -0.2) is 0 Å². The van der Waals surface area contributed by atoms with Crippen molar-refractivity contribution in [3.8, 4) is 0 Å². The third-order valence-electron chi connectivity index (χ3n) is 2.80. The molecule has 1 atom stereocenters. The van der Waals surface area contributed by atoms with Gasteiger partial charge in [-0.2, -0.15) is 0 Å². The first kappa shape index (κ1) is 12.9. The summed E-state index contributed by atoms with van der Waals surface area (Å²) in [5.74, 6) is 5.54. The van der Waals surface area contributed by atoms with Crippen molar-refractivity contribution in [1.29, 1.82) is 0 Å². The molecule has 1 rings (SSSR count). The van der Waals surface area contributed by atoms with Gasteiger partial charge >= 0.3 is 0 Å². The SMILES string of the molecule is C=C(CC)CC(CCc1ccncc1)NN. The third kappa shape index (κ3) is 4.55. The summed E-state index contributed by atoms with van der Waals surface area (Å²) in [7, 11) is 0. The lowest BCUT2D eigenvalue weighted by Gasteiger charge is -2.16. The molecule has 88 valence electrons. The summed E-state index contributed by atoms with van der Waals surface area (Å²) in [6.07, 6.45) is 7.68. The number of hydrazine groups is 1. The minimum absolute atomic E-state index is 0.320. The van der Waals surface area contributed by atoms with Crippen molar-refractivity contribution in [1.82, 2.24) is 10.4 Å². The Morgan fingerprint density at radius 1 is 1.50 bits per heavy atom. The summed E-state index contributed by atoms with van der Waals surface area (Å²) >= 11 is 0. The van der Waals surface area contributed by atoms with Gasteiger partial charge in [0.05, 0.1) is 0 Å².